The van der Waals surface area contributed by atoms with Gasteiger partial charge in [0, 0.05) is 36.3 Å². The van der Waals surface area contributed by atoms with E-state index < -0.39 is 71.1 Å². The molecule has 196 valence electrons. The van der Waals surface area contributed by atoms with Crippen LogP contribution in [0.15, 0.2) is 30.5 Å². The molecule has 1 aliphatic rings. The molecular formula is C22H20F7N3O4. The molecule has 2 heterocycles. The number of rotatable bonds is 6. The number of anilines is 1. The van der Waals surface area contributed by atoms with Crippen molar-refractivity contribution in [2.75, 3.05) is 12.4 Å². The van der Waals surface area contributed by atoms with Crippen molar-refractivity contribution in [1.29, 1.82) is 0 Å². The van der Waals surface area contributed by atoms with E-state index in [1.807, 2.05) is 0 Å². The van der Waals surface area contributed by atoms with Crippen molar-refractivity contribution < 1.29 is 49.8 Å². The van der Waals surface area contributed by atoms with Gasteiger partial charge in [0.25, 0.3) is 11.8 Å². The fraction of sp³-hybridized carbons (Fsp3) is 0.409. The summed E-state index contributed by atoms with van der Waals surface area (Å²) < 4.78 is 105. The second kappa shape index (κ2) is 9.91. The number of nitrogens with one attached hydrogen (secondary N) is 2. The number of nitrogens with zero attached hydrogens (tertiary/aromatic N) is 1. The molecule has 36 heavy (non-hydrogen) atoms. The summed E-state index contributed by atoms with van der Waals surface area (Å²) in [5, 5.41) is 4.60. The van der Waals surface area contributed by atoms with Gasteiger partial charge in [-0.3, -0.25) is 14.6 Å². The molecule has 1 fully saturated rings. The summed E-state index contributed by atoms with van der Waals surface area (Å²) in [6, 6.07) is 3.66. The van der Waals surface area contributed by atoms with Crippen LogP contribution in [0.5, 0.6) is 5.75 Å². The fourth-order valence-corrected chi connectivity index (χ4v) is 4.02. The third kappa shape index (κ3) is 4.94. The SMILES string of the molecule is CNC(=O)c1cc(NC(=O)[C@H]2O[C@@](C)(C(F)(F)F)[C@H](C)[C@H]2c2ccc(F)c(F)c2OC(F)F)ccn1. The van der Waals surface area contributed by atoms with Crippen molar-refractivity contribution in [2.45, 2.75) is 44.3 Å². The van der Waals surface area contributed by atoms with Crippen molar-refractivity contribution in [3.05, 3.63) is 53.4 Å². The minimum Gasteiger partial charge on any atom is -0.431 e. The molecule has 1 aromatic carbocycles. The molecule has 1 aliphatic heterocycles. The Morgan fingerprint density at radius 1 is 1.19 bits per heavy atom. The van der Waals surface area contributed by atoms with E-state index in [9.17, 15) is 40.3 Å². The molecule has 3 rings (SSSR count). The first-order valence-corrected chi connectivity index (χ1v) is 10.4. The van der Waals surface area contributed by atoms with Gasteiger partial charge in [-0.25, -0.2) is 4.39 Å². The zero-order chi connectivity index (χ0) is 27.0. The van der Waals surface area contributed by atoms with Crippen molar-refractivity contribution in [1.82, 2.24) is 10.3 Å². The maximum Gasteiger partial charge on any atom is 0.417 e. The van der Waals surface area contributed by atoms with Crippen LogP contribution < -0.4 is 15.4 Å². The lowest BCUT2D eigenvalue weighted by atomic mass is 9.77. The number of halogens is 7. The molecule has 0 radical (unpaired) electrons. The van der Waals surface area contributed by atoms with Gasteiger partial charge in [0.2, 0.25) is 5.82 Å². The first kappa shape index (κ1) is 27.2. The van der Waals surface area contributed by atoms with Crippen LogP contribution in [0.1, 0.15) is 35.8 Å². The zero-order valence-electron chi connectivity index (χ0n) is 18.9. The van der Waals surface area contributed by atoms with Crippen LogP contribution in [0, 0.1) is 17.6 Å². The highest BCUT2D eigenvalue weighted by Crippen LogP contribution is 2.55. The van der Waals surface area contributed by atoms with Gasteiger partial charge >= 0.3 is 12.8 Å². The maximum atomic E-state index is 14.4. The molecule has 2 N–H and O–H groups in total. The number of benzene rings is 1. The molecule has 0 unspecified atom stereocenters. The molecule has 2 amide bonds. The minimum atomic E-state index is -5.04. The highest BCUT2D eigenvalue weighted by Gasteiger charge is 2.66. The number of hydrogen-bond donors (Lipinski definition) is 2. The summed E-state index contributed by atoms with van der Waals surface area (Å²) in [5.74, 6) is -9.89. The van der Waals surface area contributed by atoms with Gasteiger partial charge in [-0.1, -0.05) is 13.0 Å². The van der Waals surface area contributed by atoms with E-state index in [0.29, 0.717) is 13.0 Å². The minimum absolute atomic E-state index is 0.0430. The number of aromatic nitrogens is 1. The number of hydrogen-bond acceptors (Lipinski definition) is 5. The number of amides is 2. The summed E-state index contributed by atoms with van der Waals surface area (Å²) in [5.41, 5.74) is -3.76. The lowest BCUT2D eigenvalue weighted by molar-refractivity contribution is -0.272. The van der Waals surface area contributed by atoms with E-state index in [4.69, 9.17) is 4.74 Å². The Balaban J connectivity index is 2.09. The molecule has 1 aromatic heterocycles. The van der Waals surface area contributed by atoms with Crippen molar-refractivity contribution in [2.24, 2.45) is 5.92 Å². The van der Waals surface area contributed by atoms with Crippen LogP contribution in [0.3, 0.4) is 0 Å². The molecule has 0 spiro atoms. The Morgan fingerprint density at radius 3 is 2.44 bits per heavy atom. The molecule has 1 saturated heterocycles. The second-order valence-corrected chi connectivity index (χ2v) is 8.11. The second-order valence-electron chi connectivity index (χ2n) is 8.11. The molecular weight excluding hydrogens is 503 g/mol. The van der Waals surface area contributed by atoms with E-state index in [-0.39, 0.29) is 11.4 Å². The Bertz CT molecular complexity index is 1160. The first-order valence-electron chi connectivity index (χ1n) is 10.4. The average molecular weight is 523 g/mol. The standard InChI is InChI=1S/C22H20F7N3O4/c1-9-14(11-4-5-12(23)15(24)16(11)35-20(25)26)17(36-21(9,2)22(27,28)29)19(34)32-10-6-7-31-13(8-10)18(33)30-3/h4-9,14,17,20H,1-3H3,(H,30,33)(H,31,32,34)/t9-,14+,17+,21-/m1/s1. The summed E-state index contributed by atoms with van der Waals surface area (Å²) >= 11 is 0. The molecule has 14 heteroatoms. The number of carbonyl (C=O) groups excluding carboxylic acids is 2. The van der Waals surface area contributed by atoms with Crippen molar-refractivity contribution in [3.63, 3.8) is 0 Å². The van der Waals surface area contributed by atoms with Crippen LogP contribution in [0.25, 0.3) is 0 Å². The van der Waals surface area contributed by atoms with E-state index in [0.717, 1.165) is 25.3 Å². The number of ether oxygens (including phenoxy) is 2. The van der Waals surface area contributed by atoms with Gasteiger partial charge in [-0.15, -0.1) is 0 Å². The summed E-state index contributed by atoms with van der Waals surface area (Å²) in [7, 11) is 1.33. The normalized spacial score (nSPS) is 24.0. The number of alkyl halides is 5. The van der Waals surface area contributed by atoms with Gasteiger partial charge in [-0.05, 0) is 25.1 Å². The maximum absolute atomic E-state index is 14.4. The van der Waals surface area contributed by atoms with Gasteiger partial charge < -0.3 is 20.1 Å². The summed E-state index contributed by atoms with van der Waals surface area (Å²) in [4.78, 5) is 28.7. The number of carbonyl (C=O) groups is 2. The lowest BCUT2D eigenvalue weighted by Crippen LogP contribution is -2.47. The highest BCUT2D eigenvalue weighted by molar-refractivity contribution is 5.97. The Labute approximate surface area is 200 Å². The average Bonchev–Trinajstić information content (AvgIpc) is 3.08. The first-order chi connectivity index (χ1) is 16.7. The van der Waals surface area contributed by atoms with Crippen molar-refractivity contribution in [3.8, 4) is 5.75 Å². The summed E-state index contributed by atoms with van der Waals surface area (Å²) in [6.07, 6.45) is -5.89. The lowest BCUT2D eigenvalue weighted by Gasteiger charge is -2.32. The Kier molecular flexibility index (Phi) is 7.48. The highest BCUT2D eigenvalue weighted by atomic mass is 19.4. The van der Waals surface area contributed by atoms with Crippen LogP contribution in [-0.4, -0.2) is 48.3 Å². The smallest absolute Gasteiger partial charge is 0.417 e. The van der Waals surface area contributed by atoms with Gasteiger partial charge in [0.05, 0.1) is 0 Å². The Morgan fingerprint density at radius 2 is 1.86 bits per heavy atom. The van der Waals surface area contributed by atoms with Crippen LogP contribution >= 0.6 is 0 Å². The molecule has 0 saturated carbocycles. The summed E-state index contributed by atoms with van der Waals surface area (Å²) in [6.45, 7) is -1.95. The zero-order valence-corrected chi connectivity index (χ0v) is 18.9. The van der Waals surface area contributed by atoms with Gasteiger partial charge in [0.1, 0.15) is 11.8 Å². The topological polar surface area (TPSA) is 89.6 Å². The molecule has 7 nitrogen and oxygen atoms in total. The third-order valence-corrected chi connectivity index (χ3v) is 6.06. The predicted octanol–water partition coefficient (Wildman–Crippen LogP) is 4.40. The largest absolute Gasteiger partial charge is 0.431 e. The van der Waals surface area contributed by atoms with E-state index >= 15 is 0 Å². The monoisotopic (exact) mass is 523 g/mol. The number of pyridine rings is 1. The van der Waals surface area contributed by atoms with E-state index in [1.54, 1.807) is 0 Å². The quantitative estimate of drug-likeness (QED) is 0.548. The van der Waals surface area contributed by atoms with E-state index in [2.05, 4.69) is 20.4 Å². The predicted molar refractivity (Wildman–Crippen MR) is 110 cm³/mol. The van der Waals surface area contributed by atoms with Gasteiger partial charge in [-0.2, -0.15) is 26.3 Å². The third-order valence-electron chi connectivity index (χ3n) is 6.06. The van der Waals surface area contributed by atoms with E-state index in [1.165, 1.54) is 13.1 Å². The fourth-order valence-electron chi connectivity index (χ4n) is 4.02. The van der Waals surface area contributed by atoms with Gasteiger partial charge in [0.15, 0.2) is 17.2 Å². The molecule has 2 aromatic rings. The van der Waals surface area contributed by atoms with Crippen LogP contribution in [-0.2, 0) is 9.53 Å². The Hall–Kier alpha value is -3.42. The van der Waals surface area contributed by atoms with Crippen molar-refractivity contribution >= 4 is 17.5 Å². The molecule has 4 atom stereocenters. The molecule has 0 aliphatic carbocycles. The molecule has 0 bridgehead atoms. The van der Waals surface area contributed by atoms with Crippen LogP contribution in [0.2, 0.25) is 0 Å². The van der Waals surface area contributed by atoms with Crippen LogP contribution in [0.4, 0.5) is 36.4 Å².